The van der Waals surface area contributed by atoms with Crippen LogP contribution in [0, 0.1) is 11.3 Å². The number of hydrogen-bond acceptors (Lipinski definition) is 7. The van der Waals surface area contributed by atoms with E-state index in [4.69, 9.17) is 26.1 Å². The lowest BCUT2D eigenvalue weighted by atomic mass is 10.0. The lowest BCUT2D eigenvalue weighted by Gasteiger charge is -2.27. The van der Waals surface area contributed by atoms with Crippen LogP contribution in [0.5, 0.6) is 5.75 Å². The smallest absolute Gasteiger partial charge is 0.254 e. The number of halogens is 1. The first-order valence-electron chi connectivity index (χ1n) is 12.1. The summed E-state index contributed by atoms with van der Waals surface area (Å²) < 4.78 is 11.0. The molecular weight excluding hydrogens is 468 g/mol. The van der Waals surface area contributed by atoms with Crippen LogP contribution in [0.25, 0.3) is 11.0 Å². The summed E-state index contributed by atoms with van der Waals surface area (Å²) in [5, 5.41) is 4.77. The van der Waals surface area contributed by atoms with Gasteiger partial charge in [0.05, 0.1) is 36.4 Å². The molecule has 0 spiro atoms. The van der Waals surface area contributed by atoms with E-state index < -0.39 is 0 Å². The molecule has 1 aliphatic carbocycles. The number of carbonyl (C=O) groups is 1. The molecule has 2 unspecified atom stereocenters. The standard InChI is InChI=1S/C25H29ClN6O3/c1-3-25-11-16(25)13-32(14-25)22-20-17(26)12-27-21(20)29-24(30-22)28-18-5-4-15(10-19(18)34-2)23(33)31-6-8-35-9-7-31/h4-5,10,12,16H,3,6-9,11,13-14H2,1-2H3,(H2,27,28,29,30). The fraction of sp³-hybridized carbons (Fsp3) is 0.480. The Kier molecular flexibility index (Phi) is 5.49. The highest BCUT2D eigenvalue weighted by molar-refractivity contribution is 6.36. The van der Waals surface area contributed by atoms with Gasteiger partial charge in [-0.1, -0.05) is 18.5 Å². The molecule has 0 radical (unpaired) electrons. The second-order valence-corrected chi connectivity index (χ2v) is 10.1. The molecule has 9 nitrogen and oxygen atoms in total. The van der Waals surface area contributed by atoms with Gasteiger partial charge in [-0.25, -0.2) is 0 Å². The van der Waals surface area contributed by atoms with Crippen LogP contribution in [-0.4, -0.2) is 72.3 Å². The molecule has 10 heteroatoms. The Morgan fingerprint density at radius 2 is 2.17 bits per heavy atom. The Bertz CT molecular complexity index is 1290. The minimum absolute atomic E-state index is 0.0309. The van der Waals surface area contributed by atoms with E-state index in [0.29, 0.717) is 65.3 Å². The molecule has 4 heterocycles. The van der Waals surface area contributed by atoms with Crippen LogP contribution in [-0.2, 0) is 4.74 Å². The van der Waals surface area contributed by atoms with Crippen LogP contribution in [0.1, 0.15) is 30.1 Å². The Morgan fingerprint density at radius 1 is 1.34 bits per heavy atom. The summed E-state index contributed by atoms with van der Waals surface area (Å²) >= 11 is 6.52. The number of rotatable bonds is 6. The number of hydrogen-bond donors (Lipinski definition) is 2. The number of morpholine rings is 1. The Labute approximate surface area is 208 Å². The quantitative estimate of drug-likeness (QED) is 0.531. The number of methoxy groups -OCH3 is 1. The molecule has 3 aliphatic rings. The third-order valence-electron chi connectivity index (χ3n) is 7.77. The largest absolute Gasteiger partial charge is 0.495 e. The van der Waals surface area contributed by atoms with Crippen molar-refractivity contribution in [2.75, 3.05) is 56.7 Å². The number of fused-ring (bicyclic) bond motifs is 2. The van der Waals surface area contributed by atoms with E-state index in [-0.39, 0.29) is 5.91 Å². The van der Waals surface area contributed by atoms with E-state index in [1.807, 2.05) is 6.07 Å². The molecule has 2 aromatic heterocycles. The van der Waals surface area contributed by atoms with Crippen LogP contribution in [0.15, 0.2) is 24.4 Å². The van der Waals surface area contributed by atoms with Crippen LogP contribution in [0.4, 0.5) is 17.5 Å². The van der Waals surface area contributed by atoms with Crippen molar-refractivity contribution in [1.82, 2.24) is 19.9 Å². The number of nitrogens with one attached hydrogen (secondary N) is 2. The molecule has 0 bridgehead atoms. The Morgan fingerprint density at radius 3 is 2.91 bits per heavy atom. The van der Waals surface area contributed by atoms with Gasteiger partial charge in [0, 0.05) is 37.9 Å². The van der Waals surface area contributed by atoms with E-state index in [1.54, 1.807) is 30.3 Å². The first kappa shape index (κ1) is 22.4. The summed E-state index contributed by atoms with van der Waals surface area (Å²) in [6.45, 7) is 6.55. The first-order chi connectivity index (χ1) is 17.0. The van der Waals surface area contributed by atoms with Crippen LogP contribution >= 0.6 is 11.6 Å². The number of ether oxygens (including phenoxy) is 2. The van der Waals surface area contributed by atoms with Gasteiger partial charge in [0.1, 0.15) is 17.2 Å². The maximum Gasteiger partial charge on any atom is 0.254 e. The van der Waals surface area contributed by atoms with Gasteiger partial charge in [0.2, 0.25) is 5.95 Å². The fourth-order valence-corrected chi connectivity index (χ4v) is 5.79. The summed E-state index contributed by atoms with van der Waals surface area (Å²) in [6.07, 6.45) is 4.24. The molecule has 1 amide bonds. The van der Waals surface area contributed by atoms with Gasteiger partial charge in [0.25, 0.3) is 5.91 Å². The molecule has 6 rings (SSSR count). The van der Waals surface area contributed by atoms with E-state index >= 15 is 0 Å². The number of H-pyrrole nitrogens is 1. The number of anilines is 3. The number of amides is 1. The van der Waals surface area contributed by atoms with E-state index in [1.165, 1.54) is 12.8 Å². The summed E-state index contributed by atoms with van der Waals surface area (Å²) in [6, 6.07) is 5.38. The van der Waals surface area contributed by atoms with Crippen molar-refractivity contribution in [2.24, 2.45) is 11.3 Å². The maximum absolute atomic E-state index is 12.9. The predicted molar refractivity (Wildman–Crippen MR) is 135 cm³/mol. The molecule has 3 fully saturated rings. The fourth-order valence-electron chi connectivity index (χ4n) is 5.56. The number of nitrogens with zero attached hydrogens (tertiary/aromatic N) is 4. The highest BCUT2D eigenvalue weighted by atomic mass is 35.5. The second kappa shape index (κ2) is 8.57. The zero-order valence-corrected chi connectivity index (χ0v) is 20.7. The average Bonchev–Trinajstić information content (AvgIpc) is 3.24. The molecule has 1 aromatic carbocycles. The predicted octanol–water partition coefficient (Wildman–Crippen LogP) is 4.07. The van der Waals surface area contributed by atoms with Gasteiger partial charge in [-0.2, -0.15) is 9.97 Å². The molecule has 35 heavy (non-hydrogen) atoms. The molecule has 1 saturated carbocycles. The molecule has 2 atom stereocenters. The van der Waals surface area contributed by atoms with Gasteiger partial charge in [-0.15, -0.1) is 0 Å². The first-order valence-corrected chi connectivity index (χ1v) is 12.5. The molecule has 2 N–H and O–H groups in total. The SMILES string of the molecule is CCC12CC1CN(c1nc(Nc3ccc(C(=O)N4CCOCC4)cc3OC)nc3[nH]cc(Cl)c13)C2. The van der Waals surface area contributed by atoms with E-state index in [2.05, 4.69) is 27.1 Å². The van der Waals surface area contributed by atoms with Crippen LogP contribution in [0.3, 0.4) is 0 Å². The topological polar surface area (TPSA) is 95.6 Å². The third kappa shape index (κ3) is 3.87. The van der Waals surface area contributed by atoms with Gasteiger partial charge in [-0.05, 0) is 42.4 Å². The molecule has 2 aliphatic heterocycles. The minimum Gasteiger partial charge on any atom is -0.495 e. The van der Waals surface area contributed by atoms with Crippen molar-refractivity contribution in [3.63, 3.8) is 0 Å². The Hall–Kier alpha value is -3.04. The number of piperidine rings is 1. The van der Waals surface area contributed by atoms with E-state index in [0.717, 1.165) is 30.2 Å². The molecular formula is C25H29ClN6O3. The summed E-state index contributed by atoms with van der Waals surface area (Å²) in [4.78, 5) is 29.8. The van der Waals surface area contributed by atoms with Gasteiger partial charge >= 0.3 is 0 Å². The van der Waals surface area contributed by atoms with Gasteiger partial charge in [0.15, 0.2) is 0 Å². The monoisotopic (exact) mass is 496 g/mol. The second-order valence-electron chi connectivity index (χ2n) is 9.67. The summed E-state index contributed by atoms with van der Waals surface area (Å²) in [7, 11) is 1.59. The van der Waals surface area contributed by atoms with E-state index in [9.17, 15) is 4.79 Å². The number of aromatic amines is 1. The number of benzene rings is 1. The van der Waals surface area contributed by atoms with Crippen molar-refractivity contribution in [2.45, 2.75) is 19.8 Å². The third-order valence-corrected chi connectivity index (χ3v) is 8.06. The highest BCUT2D eigenvalue weighted by Gasteiger charge is 2.58. The van der Waals surface area contributed by atoms with Crippen LogP contribution in [0.2, 0.25) is 5.02 Å². The van der Waals surface area contributed by atoms with Crippen molar-refractivity contribution in [1.29, 1.82) is 0 Å². The molecule has 3 aromatic rings. The normalized spacial score (nSPS) is 23.5. The number of aromatic nitrogens is 3. The lowest BCUT2D eigenvalue weighted by molar-refractivity contribution is 0.0302. The van der Waals surface area contributed by atoms with Crippen molar-refractivity contribution in [3.8, 4) is 5.75 Å². The maximum atomic E-state index is 12.9. The zero-order valence-electron chi connectivity index (χ0n) is 19.9. The molecule has 2 saturated heterocycles. The Balaban J connectivity index is 1.30. The van der Waals surface area contributed by atoms with Crippen molar-refractivity contribution < 1.29 is 14.3 Å². The van der Waals surface area contributed by atoms with Crippen molar-refractivity contribution >= 4 is 46.0 Å². The molecule has 184 valence electrons. The summed E-state index contributed by atoms with van der Waals surface area (Å²) in [5.41, 5.74) is 2.36. The lowest BCUT2D eigenvalue weighted by Crippen LogP contribution is -2.40. The van der Waals surface area contributed by atoms with Crippen molar-refractivity contribution in [3.05, 3.63) is 35.0 Å². The van der Waals surface area contributed by atoms with Gasteiger partial charge in [-0.3, -0.25) is 4.79 Å². The highest BCUT2D eigenvalue weighted by Crippen LogP contribution is 2.60. The minimum atomic E-state index is -0.0309. The van der Waals surface area contributed by atoms with Gasteiger partial charge < -0.3 is 29.6 Å². The summed E-state index contributed by atoms with van der Waals surface area (Å²) in [5.74, 6) is 2.54. The average molecular weight is 497 g/mol. The zero-order chi connectivity index (χ0) is 24.2. The van der Waals surface area contributed by atoms with Crippen LogP contribution < -0.4 is 15.0 Å². The number of carbonyl (C=O) groups excluding carboxylic acids is 1.